The van der Waals surface area contributed by atoms with Crippen molar-refractivity contribution in [2.75, 3.05) is 13.6 Å². The van der Waals surface area contributed by atoms with Gasteiger partial charge < -0.3 is 9.80 Å². The minimum absolute atomic E-state index is 0.00396. The molecular formula is C17H21N5O2. The van der Waals surface area contributed by atoms with Gasteiger partial charge in [-0.05, 0) is 12.1 Å². The van der Waals surface area contributed by atoms with E-state index in [0.29, 0.717) is 19.6 Å². The Morgan fingerprint density at radius 1 is 1.42 bits per heavy atom. The summed E-state index contributed by atoms with van der Waals surface area (Å²) in [5, 5.41) is 4.11. The first-order valence-electron chi connectivity index (χ1n) is 7.93. The van der Waals surface area contributed by atoms with Gasteiger partial charge in [-0.3, -0.25) is 19.3 Å². The van der Waals surface area contributed by atoms with E-state index < -0.39 is 0 Å². The minimum Gasteiger partial charge on any atom is -0.341 e. The number of nitrogens with zero attached hydrogens (tertiary/aromatic N) is 5. The van der Waals surface area contributed by atoms with E-state index in [1.165, 1.54) is 0 Å². The topological polar surface area (TPSA) is 71.3 Å². The molecule has 3 heterocycles. The summed E-state index contributed by atoms with van der Waals surface area (Å²) in [6, 6.07) is 5.62. The van der Waals surface area contributed by atoms with E-state index in [1.807, 2.05) is 31.4 Å². The number of hydrogen-bond donors (Lipinski definition) is 0. The number of pyridine rings is 1. The van der Waals surface area contributed by atoms with Crippen LogP contribution in [0.15, 0.2) is 36.8 Å². The first-order valence-corrected chi connectivity index (χ1v) is 7.93. The molecule has 1 fully saturated rings. The molecule has 2 aromatic rings. The Morgan fingerprint density at radius 3 is 2.92 bits per heavy atom. The fraction of sp³-hybridized carbons (Fsp3) is 0.412. The molecular weight excluding hydrogens is 306 g/mol. The van der Waals surface area contributed by atoms with Crippen molar-refractivity contribution in [3.05, 3.63) is 48.0 Å². The maximum atomic E-state index is 12.6. The van der Waals surface area contributed by atoms with Crippen molar-refractivity contribution in [1.82, 2.24) is 24.6 Å². The van der Waals surface area contributed by atoms with Crippen molar-refractivity contribution in [2.24, 2.45) is 13.0 Å². The van der Waals surface area contributed by atoms with Crippen LogP contribution in [0.4, 0.5) is 0 Å². The van der Waals surface area contributed by atoms with Gasteiger partial charge >= 0.3 is 0 Å². The molecule has 0 aliphatic carbocycles. The summed E-state index contributed by atoms with van der Waals surface area (Å²) in [7, 11) is 3.61. The van der Waals surface area contributed by atoms with Crippen molar-refractivity contribution < 1.29 is 9.59 Å². The van der Waals surface area contributed by atoms with Crippen molar-refractivity contribution in [1.29, 1.82) is 0 Å². The average Bonchev–Trinajstić information content (AvgIpc) is 3.14. The third-order valence-corrected chi connectivity index (χ3v) is 4.20. The number of likely N-dealkylation sites (tertiary alicyclic amines) is 1. The summed E-state index contributed by atoms with van der Waals surface area (Å²) in [6.07, 6.45) is 5.61. The molecule has 0 radical (unpaired) electrons. The monoisotopic (exact) mass is 327 g/mol. The summed E-state index contributed by atoms with van der Waals surface area (Å²) >= 11 is 0. The van der Waals surface area contributed by atoms with Crippen molar-refractivity contribution >= 4 is 11.8 Å². The molecule has 0 bridgehead atoms. The van der Waals surface area contributed by atoms with Gasteiger partial charge in [0.1, 0.15) is 0 Å². The van der Waals surface area contributed by atoms with E-state index in [-0.39, 0.29) is 24.2 Å². The number of aromatic nitrogens is 3. The van der Waals surface area contributed by atoms with Crippen LogP contribution in [0.1, 0.15) is 17.7 Å². The standard InChI is InChI=1S/C17H21N5O2/c1-20(9-13-8-19-21(2)10-13)17(24)14-7-16(23)22(11-14)12-15-5-3-4-6-18-15/h3-6,8,10,14H,7,9,11-12H2,1-2H3/t14-/m0/s1. The molecule has 1 saturated heterocycles. The van der Waals surface area contributed by atoms with Gasteiger partial charge in [-0.25, -0.2) is 0 Å². The largest absolute Gasteiger partial charge is 0.341 e. The highest BCUT2D eigenvalue weighted by molar-refractivity contribution is 5.89. The fourth-order valence-corrected chi connectivity index (χ4v) is 2.99. The molecule has 2 amide bonds. The van der Waals surface area contributed by atoms with Gasteiger partial charge in [0.2, 0.25) is 11.8 Å². The molecule has 3 rings (SSSR count). The average molecular weight is 327 g/mol. The molecule has 1 aliphatic heterocycles. The van der Waals surface area contributed by atoms with Crippen molar-refractivity contribution in [2.45, 2.75) is 19.5 Å². The second-order valence-electron chi connectivity index (χ2n) is 6.21. The first-order chi connectivity index (χ1) is 11.5. The molecule has 2 aromatic heterocycles. The molecule has 0 saturated carbocycles. The minimum atomic E-state index is -0.289. The summed E-state index contributed by atoms with van der Waals surface area (Å²) in [4.78, 5) is 32.4. The third-order valence-electron chi connectivity index (χ3n) is 4.20. The number of aryl methyl sites for hydroxylation is 1. The van der Waals surface area contributed by atoms with E-state index in [1.54, 1.807) is 33.9 Å². The highest BCUT2D eigenvalue weighted by Gasteiger charge is 2.35. The van der Waals surface area contributed by atoms with Crippen LogP contribution >= 0.6 is 0 Å². The SMILES string of the molecule is CN(Cc1cnn(C)c1)C(=O)[C@H]1CC(=O)N(Cc2ccccn2)C1. The summed E-state index contributed by atoms with van der Waals surface area (Å²) < 4.78 is 1.71. The van der Waals surface area contributed by atoms with Crippen LogP contribution in [-0.2, 0) is 29.7 Å². The zero-order valence-corrected chi connectivity index (χ0v) is 13.9. The Hall–Kier alpha value is -2.70. The number of rotatable bonds is 5. The highest BCUT2D eigenvalue weighted by Crippen LogP contribution is 2.22. The van der Waals surface area contributed by atoms with Gasteiger partial charge in [0.05, 0.1) is 24.4 Å². The van der Waals surface area contributed by atoms with Crippen LogP contribution in [0, 0.1) is 5.92 Å². The van der Waals surface area contributed by atoms with Crippen molar-refractivity contribution in [3.8, 4) is 0 Å². The zero-order valence-electron chi connectivity index (χ0n) is 13.9. The molecule has 24 heavy (non-hydrogen) atoms. The Morgan fingerprint density at radius 2 is 2.25 bits per heavy atom. The lowest BCUT2D eigenvalue weighted by atomic mass is 10.1. The summed E-state index contributed by atoms with van der Waals surface area (Å²) in [5.74, 6) is -0.285. The fourth-order valence-electron chi connectivity index (χ4n) is 2.99. The zero-order chi connectivity index (χ0) is 17.1. The van der Waals surface area contributed by atoms with Gasteiger partial charge in [-0.15, -0.1) is 0 Å². The molecule has 0 aromatic carbocycles. The van der Waals surface area contributed by atoms with Gasteiger partial charge in [0.15, 0.2) is 0 Å². The van der Waals surface area contributed by atoms with Gasteiger partial charge in [0.25, 0.3) is 0 Å². The van der Waals surface area contributed by atoms with Crippen LogP contribution in [0.25, 0.3) is 0 Å². The molecule has 7 nitrogen and oxygen atoms in total. The molecule has 1 atom stereocenters. The second-order valence-corrected chi connectivity index (χ2v) is 6.21. The Kier molecular flexibility index (Phi) is 4.59. The predicted molar refractivity (Wildman–Crippen MR) is 87.4 cm³/mol. The van der Waals surface area contributed by atoms with Crippen molar-refractivity contribution in [3.63, 3.8) is 0 Å². The molecule has 0 spiro atoms. The Balaban J connectivity index is 1.59. The maximum absolute atomic E-state index is 12.6. The summed E-state index contributed by atoms with van der Waals surface area (Å²) in [6.45, 7) is 1.40. The lowest BCUT2D eigenvalue weighted by Gasteiger charge is -2.21. The van der Waals surface area contributed by atoms with E-state index in [9.17, 15) is 9.59 Å². The van der Waals surface area contributed by atoms with Crippen LogP contribution in [-0.4, -0.2) is 50.0 Å². The highest BCUT2D eigenvalue weighted by atomic mass is 16.2. The number of carbonyl (C=O) groups excluding carboxylic acids is 2. The number of amides is 2. The van der Waals surface area contributed by atoms with Crippen LogP contribution in [0.5, 0.6) is 0 Å². The van der Waals surface area contributed by atoms with Crippen LogP contribution in [0.2, 0.25) is 0 Å². The molecule has 0 N–H and O–H groups in total. The van der Waals surface area contributed by atoms with E-state index >= 15 is 0 Å². The van der Waals surface area contributed by atoms with E-state index in [4.69, 9.17) is 0 Å². The first kappa shape index (κ1) is 16.2. The van der Waals surface area contributed by atoms with E-state index in [0.717, 1.165) is 11.3 Å². The molecule has 7 heteroatoms. The van der Waals surface area contributed by atoms with Gasteiger partial charge in [-0.2, -0.15) is 5.10 Å². The second kappa shape index (κ2) is 6.82. The predicted octanol–water partition coefficient (Wildman–Crippen LogP) is 0.822. The van der Waals surface area contributed by atoms with Gasteiger partial charge in [-0.1, -0.05) is 6.07 Å². The number of hydrogen-bond acceptors (Lipinski definition) is 4. The lowest BCUT2D eigenvalue weighted by Crippen LogP contribution is -2.34. The summed E-state index contributed by atoms with van der Waals surface area (Å²) in [5.41, 5.74) is 1.81. The van der Waals surface area contributed by atoms with Gasteiger partial charge in [0, 0.05) is 51.6 Å². The van der Waals surface area contributed by atoms with Crippen LogP contribution in [0.3, 0.4) is 0 Å². The third kappa shape index (κ3) is 3.61. The quantitative estimate of drug-likeness (QED) is 0.815. The van der Waals surface area contributed by atoms with E-state index in [2.05, 4.69) is 10.1 Å². The Bertz CT molecular complexity index is 728. The molecule has 1 aliphatic rings. The van der Waals surface area contributed by atoms with Crippen LogP contribution < -0.4 is 0 Å². The maximum Gasteiger partial charge on any atom is 0.228 e. The lowest BCUT2D eigenvalue weighted by molar-refractivity contribution is -0.135. The normalized spacial score (nSPS) is 17.3. The Labute approximate surface area is 140 Å². The number of carbonyl (C=O) groups is 2. The molecule has 126 valence electrons. The molecule has 0 unspecified atom stereocenters. The smallest absolute Gasteiger partial charge is 0.228 e.